The molecule has 2 N–H and O–H groups in total. The Hall–Kier alpha value is -3.42. The van der Waals surface area contributed by atoms with E-state index >= 15 is 0 Å². The lowest BCUT2D eigenvalue weighted by atomic mass is 10.0. The summed E-state index contributed by atoms with van der Waals surface area (Å²) in [7, 11) is 1.24. The van der Waals surface area contributed by atoms with Gasteiger partial charge in [0.2, 0.25) is 5.95 Å². The molecule has 8 nitrogen and oxygen atoms in total. The molecule has 1 aliphatic heterocycles. The summed E-state index contributed by atoms with van der Waals surface area (Å²) in [5.74, 6) is 1.63. The maximum absolute atomic E-state index is 12.8. The third-order valence-electron chi connectivity index (χ3n) is 6.32. The predicted octanol–water partition coefficient (Wildman–Crippen LogP) is 6.04. The van der Waals surface area contributed by atoms with E-state index in [1.807, 2.05) is 42.6 Å². The van der Waals surface area contributed by atoms with Gasteiger partial charge < -0.3 is 24.8 Å². The lowest BCUT2D eigenvalue weighted by Crippen LogP contribution is -2.19. The number of rotatable bonds is 6. The van der Waals surface area contributed by atoms with Gasteiger partial charge in [-0.2, -0.15) is 4.98 Å². The number of halogens is 1. The van der Waals surface area contributed by atoms with E-state index in [9.17, 15) is 4.57 Å². The molecule has 0 atom stereocenters. The summed E-state index contributed by atoms with van der Waals surface area (Å²) in [6.07, 6.45) is 4.38. The molecule has 0 spiro atoms. The van der Waals surface area contributed by atoms with E-state index in [1.54, 1.807) is 26.6 Å². The third-order valence-corrected chi connectivity index (χ3v) is 8.45. The van der Waals surface area contributed by atoms with Gasteiger partial charge in [0.05, 0.1) is 23.0 Å². The van der Waals surface area contributed by atoms with Crippen molar-refractivity contribution < 1.29 is 9.30 Å². The van der Waals surface area contributed by atoms with Gasteiger partial charge in [0.25, 0.3) is 0 Å². The zero-order chi connectivity index (χ0) is 26.2. The van der Waals surface area contributed by atoms with Crippen LogP contribution in [0.5, 0.6) is 5.75 Å². The Bertz CT molecular complexity index is 1520. The summed E-state index contributed by atoms with van der Waals surface area (Å²) in [4.78, 5) is 16.0. The van der Waals surface area contributed by atoms with Gasteiger partial charge in [-0.15, -0.1) is 0 Å². The first kappa shape index (κ1) is 25.2. The summed E-state index contributed by atoms with van der Waals surface area (Å²) in [5, 5.41) is 7.42. The van der Waals surface area contributed by atoms with Crippen molar-refractivity contribution >= 4 is 57.2 Å². The third kappa shape index (κ3) is 5.20. The van der Waals surface area contributed by atoms with E-state index in [4.69, 9.17) is 9.72 Å². The van der Waals surface area contributed by atoms with Crippen molar-refractivity contribution in [1.29, 1.82) is 0 Å². The molecule has 0 unspecified atom stereocenters. The minimum atomic E-state index is -2.49. The number of hydrogen-bond acceptors (Lipinski definition) is 8. The van der Waals surface area contributed by atoms with Gasteiger partial charge in [-0.3, -0.25) is 4.98 Å². The van der Waals surface area contributed by atoms with E-state index in [2.05, 4.69) is 60.6 Å². The molecule has 4 aromatic rings. The van der Waals surface area contributed by atoms with Crippen molar-refractivity contribution in [3.8, 4) is 16.9 Å². The number of nitrogens with one attached hydrogen (secondary N) is 2. The summed E-state index contributed by atoms with van der Waals surface area (Å²) >= 11 is 3.54. The zero-order valence-corrected chi connectivity index (χ0v) is 23.6. The van der Waals surface area contributed by atoms with Gasteiger partial charge >= 0.3 is 0 Å². The molecule has 2 aromatic carbocycles. The van der Waals surface area contributed by atoms with Crippen molar-refractivity contribution in [1.82, 2.24) is 15.0 Å². The molecule has 2 aromatic heterocycles. The van der Waals surface area contributed by atoms with Crippen molar-refractivity contribution in [2.45, 2.75) is 6.42 Å². The number of likely N-dealkylation sites (N-methyl/N-ethyl adjacent to an activating group) is 1. The molecule has 0 saturated heterocycles. The first-order valence-electron chi connectivity index (χ1n) is 11.8. The van der Waals surface area contributed by atoms with E-state index in [0.717, 1.165) is 52.2 Å². The van der Waals surface area contributed by atoms with Gasteiger partial charge in [-0.05, 0) is 53.5 Å². The maximum atomic E-state index is 12.8. The van der Waals surface area contributed by atoms with Crippen LogP contribution in [0.3, 0.4) is 0 Å². The highest BCUT2D eigenvalue weighted by molar-refractivity contribution is 9.10. The normalized spacial score (nSPS) is 12.8. The summed E-state index contributed by atoms with van der Waals surface area (Å²) in [6.45, 7) is 4.37. The van der Waals surface area contributed by atoms with Crippen molar-refractivity contribution in [2.24, 2.45) is 0 Å². The van der Waals surface area contributed by atoms with Gasteiger partial charge in [0, 0.05) is 66.3 Å². The number of fused-ring (bicyclic) bond motifs is 3. The topological polar surface area (TPSA) is 92.3 Å². The van der Waals surface area contributed by atoms with Crippen LogP contribution >= 0.6 is 23.1 Å². The van der Waals surface area contributed by atoms with Gasteiger partial charge in [0.1, 0.15) is 18.7 Å². The maximum Gasteiger partial charge on any atom is 0.229 e. The van der Waals surface area contributed by atoms with E-state index in [0.29, 0.717) is 22.0 Å². The number of para-hydroxylation sites is 1. The molecule has 0 amide bonds. The number of aromatic nitrogens is 3. The molecule has 37 heavy (non-hydrogen) atoms. The Morgan fingerprint density at radius 1 is 1.03 bits per heavy atom. The minimum Gasteiger partial charge on any atom is -0.494 e. The number of pyridine rings is 1. The largest absolute Gasteiger partial charge is 0.494 e. The molecule has 0 fully saturated rings. The molecule has 0 bridgehead atoms. The number of nitrogens with zero attached hydrogens (tertiary/aromatic N) is 4. The van der Waals surface area contributed by atoms with E-state index in [1.165, 1.54) is 0 Å². The quantitative estimate of drug-likeness (QED) is 0.268. The minimum absolute atomic E-state index is 0.394. The second-order valence-corrected chi connectivity index (χ2v) is 13.3. The van der Waals surface area contributed by atoms with Crippen LogP contribution in [0.4, 0.5) is 28.8 Å². The Labute approximate surface area is 225 Å². The second-order valence-electron chi connectivity index (χ2n) is 9.25. The number of ether oxygens (including phenoxy) is 1. The molecule has 0 radical (unpaired) electrons. The molecule has 190 valence electrons. The summed E-state index contributed by atoms with van der Waals surface area (Å²) in [5.41, 5.74) is 5.80. The molecule has 0 aliphatic carbocycles. The fourth-order valence-corrected chi connectivity index (χ4v) is 5.90. The SMILES string of the molecule is COc1cc2c(cc1Nc1ncc(Br)c(Nc3ccccc3P(C)(C)=O)n1)-c1cccnc1CCN2C. The Morgan fingerprint density at radius 2 is 1.84 bits per heavy atom. The monoisotopic (exact) mass is 578 g/mol. The van der Waals surface area contributed by atoms with Gasteiger partial charge in [-0.25, -0.2) is 4.98 Å². The van der Waals surface area contributed by atoms with Crippen LogP contribution in [-0.2, 0) is 11.0 Å². The summed E-state index contributed by atoms with van der Waals surface area (Å²) < 4.78 is 19.3. The highest BCUT2D eigenvalue weighted by atomic mass is 79.9. The van der Waals surface area contributed by atoms with Crippen LogP contribution in [0, 0.1) is 0 Å². The summed E-state index contributed by atoms with van der Waals surface area (Å²) in [6, 6.07) is 15.7. The van der Waals surface area contributed by atoms with Crippen LogP contribution in [0.25, 0.3) is 11.1 Å². The number of hydrogen-bond donors (Lipinski definition) is 2. The highest BCUT2D eigenvalue weighted by Gasteiger charge is 2.22. The first-order chi connectivity index (χ1) is 17.7. The Morgan fingerprint density at radius 3 is 2.62 bits per heavy atom. The molecule has 0 saturated carbocycles. The molecular weight excluding hydrogens is 551 g/mol. The van der Waals surface area contributed by atoms with Gasteiger partial charge in [0.15, 0.2) is 0 Å². The van der Waals surface area contributed by atoms with Crippen LogP contribution < -0.4 is 25.6 Å². The zero-order valence-electron chi connectivity index (χ0n) is 21.1. The Kier molecular flexibility index (Phi) is 6.92. The Balaban J connectivity index is 1.53. The number of benzene rings is 2. The average molecular weight is 579 g/mol. The smallest absolute Gasteiger partial charge is 0.229 e. The van der Waals surface area contributed by atoms with E-state index < -0.39 is 7.14 Å². The highest BCUT2D eigenvalue weighted by Crippen LogP contribution is 2.43. The fraction of sp³-hybridized carbons (Fsp3) is 0.222. The lowest BCUT2D eigenvalue weighted by molar-refractivity contribution is 0.417. The number of methoxy groups -OCH3 is 1. The molecule has 1 aliphatic rings. The predicted molar refractivity (Wildman–Crippen MR) is 155 cm³/mol. The van der Waals surface area contributed by atoms with Crippen molar-refractivity contribution in [3.05, 3.63) is 71.1 Å². The van der Waals surface area contributed by atoms with Crippen molar-refractivity contribution in [3.63, 3.8) is 0 Å². The first-order valence-corrected chi connectivity index (χ1v) is 15.2. The molecule has 5 rings (SSSR count). The lowest BCUT2D eigenvalue weighted by Gasteiger charge is -2.22. The molecular formula is C27H28BrN6O2P. The number of anilines is 5. The van der Waals surface area contributed by atoms with Crippen LogP contribution in [-0.4, -0.2) is 49.0 Å². The van der Waals surface area contributed by atoms with E-state index in [-0.39, 0.29) is 0 Å². The second kappa shape index (κ2) is 10.1. The average Bonchev–Trinajstić information content (AvgIpc) is 3.01. The molecule has 3 heterocycles. The van der Waals surface area contributed by atoms with Gasteiger partial charge in [-0.1, -0.05) is 18.2 Å². The fourth-order valence-electron chi connectivity index (χ4n) is 4.46. The van der Waals surface area contributed by atoms with Crippen LogP contribution in [0.1, 0.15) is 5.69 Å². The van der Waals surface area contributed by atoms with Crippen LogP contribution in [0.15, 0.2) is 65.4 Å². The van der Waals surface area contributed by atoms with Crippen molar-refractivity contribution in [2.75, 3.05) is 49.6 Å². The molecule has 10 heteroatoms. The standard InChI is InChI=1S/C27H28BrN6O2P/c1-34-13-11-20-17(8-7-12-29-20)18-14-22(24(36-2)15-23(18)34)32-27-30-16-19(28)26(33-27)31-21-9-5-6-10-25(21)37(3,4)35/h5-10,12,14-16H,11,13H2,1-4H3,(H2,30,31,32,33). The van der Waals surface area contributed by atoms with Crippen LogP contribution in [0.2, 0.25) is 0 Å².